The van der Waals surface area contributed by atoms with E-state index in [1.807, 2.05) is 0 Å². The summed E-state index contributed by atoms with van der Waals surface area (Å²) in [6, 6.07) is 17.2. The number of anilines is 1. The molecule has 1 aliphatic heterocycles. The zero-order chi connectivity index (χ0) is 18.8. The molecule has 2 aromatic carbocycles. The van der Waals surface area contributed by atoms with Gasteiger partial charge in [-0.1, -0.05) is 36.4 Å². The number of benzene rings is 2. The van der Waals surface area contributed by atoms with Crippen molar-refractivity contribution in [2.24, 2.45) is 5.73 Å². The number of hydrogen-bond acceptors (Lipinski definition) is 4. The fourth-order valence-electron chi connectivity index (χ4n) is 4.25. The topological polar surface area (TPSA) is 67.3 Å². The highest BCUT2D eigenvalue weighted by Crippen LogP contribution is 2.40. The lowest BCUT2D eigenvalue weighted by atomic mass is 10.1. The van der Waals surface area contributed by atoms with Crippen LogP contribution in [0.5, 0.6) is 0 Å². The second-order valence-corrected chi connectivity index (χ2v) is 6.83. The summed E-state index contributed by atoms with van der Waals surface area (Å²) in [5.74, 6) is 0. The Bertz CT molecular complexity index is 1090. The SMILES string of the molecule is CO.NCCCN1CCCn2c3ccccc3c3nc4ccccc4c1c32. The molecule has 0 saturated heterocycles. The number of rotatable bonds is 3. The van der Waals surface area contributed by atoms with Crippen LogP contribution >= 0.6 is 0 Å². The highest BCUT2D eigenvalue weighted by atomic mass is 16.2. The largest absolute Gasteiger partial charge is 0.400 e. The summed E-state index contributed by atoms with van der Waals surface area (Å²) < 4.78 is 2.47. The van der Waals surface area contributed by atoms with Gasteiger partial charge in [-0.15, -0.1) is 0 Å². The lowest BCUT2D eigenvalue weighted by Gasteiger charge is -2.25. The number of para-hydroxylation sites is 2. The second kappa shape index (κ2) is 7.55. The van der Waals surface area contributed by atoms with E-state index in [1.165, 1.54) is 27.5 Å². The molecule has 0 amide bonds. The van der Waals surface area contributed by atoms with Gasteiger partial charge in [-0.2, -0.15) is 0 Å². The van der Waals surface area contributed by atoms with Crippen LogP contribution in [-0.4, -0.2) is 41.4 Å². The van der Waals surface area contributed by atoms with E-state index in [0.717, 1.165) is 57.2 Å². The average Bonchev–Trinajstić information content (AvgIpc) is 2.91. The van der Waals surface area contributed by atoms with E-state index in [2.05, 4.69) is 58.0 Å². The highest BCUT2D eigenvalue weighted by Gasteiger charge is 2.23. The molecule has 27 heavy (non-hydrogen) atoms. The summed E-state index contributed by atoms with van der Waals surface area (Å²) in [7, 11) is 1.00. The Hall–Kier alpha value is -2.63. The monoisotopic (exact) mass is 362 g/mol. The van der Waals surface area contributed by atoms with Crippen molar-refractivity contribution in [3.8, 4) is 0 Å². The molecule has 0 saturated carbocycles. The van der Waals surface area contributed by atoms with Gasteiger partial charge in [-0.05, 0) is 31.5 Å². The number of aliphatic hydroxyl groups is 1. The molecule has 2 aromatic heterocycles. The summed E-state index contributed by atoms with van der Waals surface area (Å²) in [5, 5.41) is 9.50. The molecule has 0 unspecified atom stereocenters. The summed E-state index contributed by atoms with van der Waals surface area (Å²) >= 11 is 0. The van der Waals surface area contributed by atoms with Gasteiger partial charge in [0.05, 0.1) is 27.8 Å². The van der Waals surface area contributed by atoms with Crippen molar-refractivity contribution in [1.82, 2.24) is 9.55 Å². The Morgan fingerprint density at radius 3 is 2.56 bits per heavy atom. The molecule has 0 fully saturated rings. The molecule has 0 radical (unpaired) electrons. The first-order chi connectivity index (χ1) is 13.4. The Balaban J connectivity index is 0.000000872. The van der Waals surface area contributed by atoms with Gasteiger partial charge in [0.15, 0.2) is 0 Å². The van der Waals surface area contributed by atoms with Crippen LogP contribution in [0.4, 0.5) is 5.69 Å². The molecule has 5 heteroatoms. The van der Waals surface area contributed by atoms with Crippen molar-refractivity contribution in [2.75, 3.05) is 31.6 Å². The van der Waals surface area contributed by atoms with Gasteiger partial charge in [-0.3, -0.25) is 0 Å². The third kappa shape index (κ3) is 2.83. The Morgan fingerprint density at radius 2 is 1.74 bits per heavy atom. The Labute approximate surface area is 159 Å². The van der Waals surface area contributed by atoms with E-state index in [0.29, 0.717) is 0 Å². The lowest BCUT2D eigenvalue weighted by Crippen LogP contribution is -2.27. The standard InChI is InChI=1S/C21H22N4.CH4O/c22-11-5-12-24-13-6-14-25-18-10-4-2-8-16(18)19-21(25)20(24)15-7-1-3-9-17(15)23-19;1-2/h1-4,7-10H,5-6,11-14,22H2;2H,1H3. The number of nitrogens with zero attached hydrogens (tertiary/aromatic N) is 3. The van der Waals surface area contributed by atoms with Crippen LogP contribution in [0.1, 0.15) is 12.8 Å². The van der Waals surface area contributed by atoms with Gasteiger partial charge in [0.2, 0.25) is 0 Å². The summed E-state index contributed by atoms with van der Waals surface area (Å²) in [6.07, 6.45) is 2.15. The molecule has 140 valence electrons. The smallest absolute Gasteiger partial charge is 0.0988 e. The van der Waals surface area contributed by atoms with Crippen molar-refractivity contribution in [1.29, 1.82) is 0 Å². The van der Waals surface area contributed by atoms with E-state index in [1.54, 1.807) is 0 Å². The Morgan fingerprint density at radius 1 is 1.00 bits per heavy atom. The van der Waals surface area contributed by atoms with E-state index < -0.39 is 0 Å². The number of fused-ring (bicyclic) bond motifs is 5. The third-order valence-corrected chi connectivity index (χ3v) is 5.32. The molecule has 0 aliphatic carbocycles. The number of aromatic nitrogens is 2. The maximum absolute atomic E-state index is 7.00. The predicted molar refractivity (Wildman–Crippen MR) is 113 cm³/mol. The van der Waals surface area contributed by atoms with E-state index in [9.17, 15) is 0 Å². The Kier molecular flexibility index (Phi) is 4.97. The summed E-state index contributed by atoms with van der Waals surface area (Å²) in [6.45, 7) is 3.84. The van der Waals surface area contributed by atoms with E-state index in [-0.39, 0.29) is 0 Å². The molecular formula is C22H26N4O. The van der Waals surface area contributed by atoms with Crippen LogP contribution < -0.4 is 10.6 Å². The fourth-order valence-corrected chi connectivity index (χ4v) is 4.25. The molecular weight excluding hydrogens is 336 g/mol. The van der Waals surface area contributed by atoms with Crippen LogP contribution in [0.2, 0.25) is 0 Å². The van der Waals surface area contributed by atoms with Crippen molar-refractivity contribution in [3.63, 3.8) is 0 Å². The molecule has 4 aromatic rings. The zero-order valence-corrected chi connectivity index (χ0v) is 15.7. The first-order valence-electron chi connectivity index (χ1n) is 9.58. The third-order valence-electron chi connectivity index (χ3n) is 5.32. The van der Waals surface area contributed by atoms with Crippen LogP contribution in [0.25, 0.3) is 32.8 Å². The van der Waals surface area contributed by atoms with Gasteiger partial charge in [0, 0.05) is 37.5 Å². The number of aryl methyl sites for hydroxylation is 1. The normalized spacial score (nSPS) is 13.7. The number of aliphatic hydroxyl groups excluding tert-OH is 1. The van der Waals surface area contributed by atoms with Crippen LogP contribution in [0.15, 0.2) is 48.5 Å². The maximum Gasteiger partial charge on any atom is 0.0988 e. The second-order valence-electron chi connectivity index (χ2n) is 6.83. The summed E-state index contributed by atoms with van der Waals surface area (Å²) in [4.78, 5) is 7.58. The number of nitrogens with two attached hydrogens (primary N) is 1. The predicted octanol–water partition coefficient (Wildman–Crippen LogP) is 3.51. The molecule has 3 heterocycles. The minimum Gasteiger partial charge on any atom is -0.400 e. The highest BCUT2D eigenvalue weighted by molar-refractivity contribution is 6.16. The zero-order valence-electron chi connectivity index (χ0n) is 15.7. The molecule has 5 rings (SSSR count). The molecule has 0 atom stereocenters. The molecule has 0 bridgehead atoms. The van der Waals surface area contributed by atoms with E-state index in [4.69, 9.17) is 15.8 Å². The first-order valence-corrected chi connectivity index (χ1v) is 9.58. The maximum atomic E-state index is 7.00. The molecule has 0 spiro atoms. The van der Waals surface area contributed by atoms with Crippen molar-refractivity contribution < 1.29 is 5.11 Å². The van der Waals surface area contributed by atoms with Crippen LogP contribution in [0, 0.1) is 0 Å². The number of pyridine rings is 1. The van der Waals surface area contributed by atoms with Gasteiger partial charge in [0.1, 0.15) is 0 Å². The van der Waals surface area contributed by atoms with Gasteiger partial charge in [0.25, 0.3) is 0 Å². The fraction of sp³-hybridized carbons (Fsp3) is 0.318. The average molecular weight is 362 g/mol. The van der Waals surface area contributed by atoms with Crippen LogP contribution in [-0.2, 0) is 6.54 Å². The minimum atomic E-state index is 0.728. The van der Waals surface area contributed by atoms with Gasteiger partial charge < -0.3 is 20.3 Å². The molecule has 5 nitrogen and oxygen atoms in total. The van der Waals surface area contributed by atoms with Crippen molar-refractivity contribution >= 4 is 38.5 Å². The van der Waals surface area contributed by atoms with Gasteiger partial charge >= 0.3 is 0 Å². The molecule has 1 aliphatic rings. The van der Waals surface area contributed by atoms with Crippen molar-refractivity contribution in [2.45, 2.75) is 19.4 Å². The first kappa shape index (κ1) is 17.8. The minimum absolute atomic E-state index is 0.728. The van der Waals surface area contributed by atoms with Crippen molar-refractivity contribution in [3.05, 3.63) is 48.5 Å². The lowest BCUT2D eigenvalue weighted by molar-refractivity contribution is 0.399. The van der Waals surface area contributed by atoms with Gasteiger partial charge in [-0.25, -0.2) is 4.98 Å². The number of hydrogen-bond donors (Lipinski definition) is 2. The quantitative estimate of drug-likeness (QED) is 0.585. The molecule has 3 N–H and O–H groups in total. The summed E-state index contributed by atoms with van der Waals surface area (Å²) in [5.41, 5.74) is 11.9. The van der Waals surface area contributed by atoms with E-state index >= 15 is 0 Å². The van der Waals surface area contributed by atoms with Crippen LogP contribution in [0.3, 0.4) is 0 Å².